The third-order valence-corrected chi connectivity index (χ3v) is 5.90. The smallest absolute Gasteiger partial charge is 0.0135 e. The van der Waals surface area contributed by atoms with E-state index < -0.39 is 0 Å². The van der Waals surface area contributed by atoms with E-state index in [-0.39, 0.29) is 0 Å². The lowest BCUT2D eigenvalue weighted by Gasteiger charge is -2.46. The highest BCUT2D eigenvalue weighted by atomic mass is 15.1. The van der Waals surface area contributed by atoms with E-state index in [4.69, 9.17) is 5.73 Å². The van der Waals surface area contributed by atoms with Gasteiger partial charge in [-0.25, -0.2) is 0 Å². The van der Waals surface area contributed by atoms with Gasteiger partial charge in [0.05, 0.1) is 0 Å². The molecule has 0 aliphatic heterocycles. The van der Waals surface area contributed by atoms with E-state index >= 15 is 0 Å². The highest BCUT2D eigenvalue weighted by Crippen LogP contribution is 2.43. The van der Waals surface area contributed by atoms with Crippen LogP contribution in [0.2, 0.25) is 0 Å². The maximum atomic E-state index is 6.05. The number of nitrogens with zero attached hydrogens (tertiary/aromatic N) is 1. The van der Waals surface area contributed by atoms with Gasteiger partial charge in [-0.3, -0.25) is 0 Å². The molecule has 0 amide bonds. The minimum absolute atomic E-state index is 0.483. The zero-order chi connectivity index (χ0) is 15.3. The second-order valence-corrected chi connectivity index (χ2v) is 8.08. The molecule has 0 aromatic rings. The summed E-state index contributed by atoms with van der Waals surface area (Å²) in [6, 6.07) is 0.698. The van der Waals surface area contributed by atoms with E-state index in [9.17, 15) is 0 Å². The first-order valence-corrected chi connectivity index (χ1v) is 8.72. The molecule has 0 radical (unpaired) electrons. The summed E-state index contributed by atoms with van der Waals surface area (Å²) in [4.78, 5) is 2.61. The molecule has 20 heavy (non-hydrogen) atoms. The van der Waals surface area contributed by atoms with Crippen LogP contribution >= 0.6 is 0 Å². The Bertz CT molecular complexity index is 273. The minimum atomic E-state index is 0.483. The molecular weight excluding hydrogens is 244 g/mol. The maximum absolute atomic E-state index is 6.05. The molecule has 0 spiro atoms. The Labute approximate surface area is 127 Å². The molecule has 1 aliphatic carbocycles. The zero-order valence-electron chi connectivity index (χ0n) is 14.8. The van der Waals surface area contributed by atoms with E-state index in [0.29, 0.717) is 17.4 Å². The van der Waals surface area contributed by atoms with Gasteiger partial charge in [-0.05, 0) is 69.0 Å². The molecular formula is C18H38N2. The van der Waals surface area contributed by atoms with Crippen molar-refractivity contribution in [2.75, 3.05) is 20.1 Å². The van der Waals surface area contributed by atoms with E-state index in [1.54, 1.807) is 0 Å². The van der Waals surface area contributed by atoms with Crippen LogP contribution in [-0.4, -0.2) is 31.1 Å². The summed E-state index contributed by atoms with van der Waals surface area (Å²) in [5.74, 6) is 2.36. The predicted octanol–water partition coefficient (Wildman–Crippen LogP) is 4.14. The number of rotatable bonds is 7. The molecule has 0 aromatic heterocycles. The minimum Gasteiger partial charge on any atom is -0.330 e. The van der Waals surface area contributed by atoms with Gasteiger partial charge < -0.3 is 10.6 Å². The Morgan fingerprint density at radius 2 is 1.90 bits per heavy atom. The first kappa shape index (κ1) is 18.0. The van der Waals surface area contributed by atoms with Crippen LogP contribution in [0.1, 0.15) is 66.7 Å². The van der Waals surface area contributed by atoms with Gasteiger partial charge in [-0.2, -0.15) is 0 Å². The van der Waals surface area contributed by atoms with Crippen molar-refractivity contribution in [3.63, 3.8) is 0 Å². The van der Waals surface area contributed by atoms with Crippen LogP contribution in [0.5, 0.6) is 0 Å². The summed E-state index contributed by atoms with van der Waals surface area (Å²) in [6.07, 6.45) is 6.62. The quantitative estimate of drug-likeness (QED) is 0.760. The second-order valence-electron chi connectivity index (χ2n) is 8.08. The molecule has 3 unspecified atom stereocenters. The van der Waals surface area contributed by atoms with Crippen molar-refractivity contribution in [2.24, 2.45) is 28.9 Å². The monoisotopic (exact) mass is 282 g/mol. The third-order valence-electron chi connectivity index (χ3n) is 5.90. The van der Waals surface area contributed by atoms with Crippen LogP contribution in [0.25, 0.3) is 0 Å². The fourth-order valence-electron chi connectivity index (χ4n) is 3.65. The molecule has 1 saturated carbocycles. The SMILES string of the molecule is CCC(C)(C)C1CCC(CN)C(N(C)CCC(C)C)C1. The van der Waals surface area contributed by atoms with Gasteiger partial charge in [0, 0.05) is 6.04 Å². The molecule has 1 rings (SSSR count). The first-order chi connectivity index (χ1) is 9.31. The molecule has 2 heteroatoms. The Morgan fingerprint density at radius 3 is 2.40 bits per heavy atom. The summed E-state index contributed by atoms with van der Waals surface area (Å²) >= 11 is 0. The van der Waals surface area contributed by atoms with Gasteiger partial charge in [0.15, 0.2) is 0 Å². The third kappa shape index (κ3) is 4.73. The maximum Gasteiger partial charge on any atom is 0.0135 e. The van der Waals surface area contributed by atoms with Gasteiger partial charge in [0.1, 0.15) is 0 Å². The highest BCUT2D eigenvalue weighted by molar-refractivity contribution is 4.91. The number of hydrogen-bond donors (Lipinski definition) is 1. The number of nitrogens with two attached hydrogens (primary N) is 1. The van der Waals surface area contributed by atoms with E-state index in [2.05, 4.69) is 46.6 Å². The predicted molar refractivity (Wildman–Crippen MR) is 89.8 cm³/mol. The summed E-state index contributed by atoms with van der Waals surface area (Å²) in [5, 5.41) is 0. The standard InChI is InChI=1S/C18H38N2/c1-7-18(4,5)16-9-8-15(13-19)17(12-16)20(6)11-10-14(2)3/h14-17H,7-13,19H2,1-6H3. The average Bonchev–Trinajstić information content (AvgIpc) is 2.43. The molecule has 2 N–H and O–H groups in total. The van der Waals surface area contributed by atoms with Crippen molar-refractivity contribution in [3.05, 3.63) is 0 Å². The van der Waals surface area contributed by atoms with Crippen molar-refractivity contribution in [3.8, 4) is 0 Å². The molecule has 0 heterocycles. The van der Waals surface area contributed by atoms with Crippen LogP contribution in [0.15, 0.2) is 0 Å². The van der Waals surface area contributed by atoms with Gasteiger partial charge >= 0.3 is 0 Å². The summed E-state index contributed by atoms with van der Waals surface area (Å²) in [5.41, 5.74) is 6.53. The van der Waals surface area contributed by atoms with E-state index in [1.807, 2.05) is 0 Å². The Hall–Kier alpha value is -0.0800. The average molecular weight is 283 g/mol. The topological polar surface area (TPSA) is 29.3 Å². The van der Waals surface area contributed by atoms with E-state index in [1.165, 1.54) is 38.6 Å². The summed E-state index contributed by atoms with van der Waals surface area (Å²) in [7, 11) is 2.32. The fraction of sp³-hybridized carbons (Fsp3) is 1.00. The molecule has 120 valence electrons. The van der Waals surface area contributed by atoms with Crippen molar-refractivity contribution in [1.29, 1.82) is 0 Å². The molecule has 2 nitrogen and oxygen atoms in total. The van der Waals surface area contributed by atoms with Crippen LogP contribution in [0.3, 0.4) is 0 Å². The lowest BCUT2D eigenvalue weighted by atomic mass is 9.65. The van der Waals surface area contributed by atoms with Crippen molar-refractivity contribution >= 4 is 0 Å². The Morgan fingerprint density at radius 1 is 1.25 bits per heavy atom. The van der Waals surface area contributed by atoms with Gasteiger partial charge in [0.2, 0.25) is 0 Å². The molecule has 0 saturated heterocycles. The van der Waals surface area contributed by atoms with Crippen LogP contribution in [0, 0.1) is 23.2 Å². The van der Waals surface area contributed by atoms with Crippen LogP contribution < -0.4 is 5.73 Å². The van der Waals surface area contributed by atoms with Crippen molar-refractivity contribution in [2.45, 2.75) is 72.8 Å². The van der Waals surface area contributed by atoms with Gasteiger partial charge in [-0.15, -0.1) is 0 Å². The fourth-order valence-corrected chi connectivity index (χ4v) is 3.65. The largest absolute Gasteiger partial charge is 0.330 e. The van der Waals surface area contributed by atoms with Crippen LogP contribution in [0.4, 0.5) is 0 Å². The lowest BCUT2D eigenvalue weighted by molar-refractivity contribution is 0.0483. The highest BCUT2D eigenvalue weighted by Gasteiger charge is 2.38. The Balaban J connectivity index is 2.68. The van der Waals surface area contributed by atoms with Crippen molar-refractivity contribution < 1.29 is 0 Å². The van der Waals surface area contributed by atoms with Gasteiger partial charge in [0.25, 0.3) is 0 Å². The van der Waals surface area contributed by atoms with E-state index in [0.717, 1.165) is 18.4 Å². The lowest BCUT2D eigenvalue weighted by Crippen LogP contribution is -2.47. The Kier molecular flexibility index (Phi) is 7.00. The number of hydrogen-bond acceptors (Lipinski definition) is 2. The molecule has 1 fully saturated rings. The molecule has 1 aliphatic rings. The molecule has 3 atom stereocenters. The van der Waals surface area contributed by atoms with Crippen LogP contribution in [-0.2, 0) is 0 Å². The molecule has 0 bridgehead atoms. The summed E-state index contributed by atoms with van der Waals surface area (Å²) < 4.78 is 0. The van der Waals surface area contributed by atoms with Crippen molar-refractivity contribution in [1.82, 2.24) is 4.90 Å². The zero-order valence-corrected chi connectivity index (χ0v) is 14.8. The summed E-state index contributed by atoms with van der Waals surface area (Å²) in [6.45, 7) is 14.0. The first-order valence-electron chi connectivity index (χ1n) is 8.72. The van der Waals surface area contributed by atoms with Gasteiger partial charge in [-0.1, -0.05) is 41.0 Å². The normalized spacial score (nSPS) is 28.4. The molecule has 0 aromatic carbocycles. The second kappa shape index (κ2) is 7.79.